The number of unbranched alkanes of at least 4 members (excludes halogenated alkanes) is 1. The summed E-state index contributed by atoms with van der Waals surface area (Å²) in [7, 11) is 1.98. The highest BCUT2D eigenvalue weighted by Gasteiger charge is 2.10. The van der Waals surface area contributed by atoms with Crippen molar-refractivity contribution in [2.24, 2.45) is 22.6 Å². The number of amides is 1. The third-order valence-electron chi connectivity index (χ3n) is 5.28. The van der Waals surface area contributed by atoms with Crippen molar-refractivity contribution in [1.29, 1.82) is 5.41 Å². The molecular formula is C29H46FN5O. The van der Waals surface area contributed by atoms with Crippen molar-refractivity contribution in [2.45, 2.75) is 53.4 Å². The summed E-state index contributed by atoms with van der Waals surface area (Å²) in [5, 5.41) is 10.8. The second kappa shape index (κ2) is 20.2. The van der Waals surface area contributed by atoms with Gasteiger partial charge in [0.1, 0.15) is 11.7 Å². The Morgan fingerprint density at radius 2 is 1.86 bits per heavy atom. The number of nitrogens with zero attached hydrogens (tertiary/aromatic N) is 2. The van der Waals surface area contributed by atoms with Crippen LogP contribution in [0.5, 0.6) is 0 Å². The minimum atomic E-state index is -0.332. The molecule has 6 nitrogen and oxygen atoms in total. The molecule has 1 aromatic carbocycles. The quantitative estimate of drug-likeness (QED) is 0.0893. The molecule has 7 heteroatoms. The number of nitrogens with two attached hydrogens (primary N) is 1. The monoisotopic (exact) mass is 499 g/mol. The number of rotatable bonds is 16. The fourth-order valence-electron chi connectivity index (χ4n) is 3.08. The first-order valence-electron chi connectivity index (χ1n) is 12.6. The summed E-state index contributed by atoms with van der Waals surface area (Å²) < 4.78 is 13.0. The van der Waals surface area contributed by atoms with Gasteiger partial charge in [-0.05, 0) is 79.6 Å². The van der Waals surface area contributed by atoms with Gasteiger partial charge in [-0.1, -0.05) is 46.3 Å². The van der Waals surface area contributed by atoms with Crippen molar-refractivity contribution in [3.63, 3.8) is 0 Å². The van der Waals surface area contributed by atoms with Crippen LogP contribution >= 0.6 is 0 Å². The molecule has 0 bridgehead atoms. The number of nitrogens with one attached hydrogen (secondary N) is 2. The molecule has 0 aliphatic heterocycles. The second-order valence-electron chi connectivity index (χ2n) is 9.35. The fraction of sp³-hybridized carbons (Fsp3) is 0.483. The van der Waals surface area contributed by atoms with Gasteiger partial charge < -0.3 is 21.4 Å². The number of amidine groups is 1. The molecular weight excluding hydrogens is 453 g/mol. The third kappa shape index (κ3) is 16.5. The number of benzene rings is 1. The molecule has 0 aliphatic rings. The van der Waals surface area contributed by atoms with Crippen LogP contribution in [-0.4, -0.2) is 49.5 Å². The third-order valence-corrected chi connectivity index (χ3v) is 5.28. The van der Waals surface area contributed by atoms with E-state index in [1.807, 2.05) is 33.0 Å². The maximum absolute atomic E-state index is 13.0. The summed E-state index contributed by atoms with van der Waals surface area (Å²) in [5.41, 5.74) is 7.76. The van der Waals surface area contributed by atoms with E-state index in [1.165, 1.54) is 31.4 Å². The van der Waals surface area contributed by atoms with Gasteiger partial charge in [-0.3, -0.25) is 4.79 Å². The van der Waals surface area contributed by atoms with Gasteiger partial charge in [0.25, 0.3) is 0 Å². The Morgan fingerprint density at radius 1 is 1.19 bits per heavy atom. The Morgan fingerprint density at radius 3 is 2.42 bits per heavy atom. The first-order chi connectivity index (χ1) is 17.1. The van der Waals surface area contributed by atoms with Gasteiger partial charge in [0.2, 0.25) is 6.41 Å². The average Bonchev–Trinajstić information content (AvgIpc) is 2.82. The predicted octanol–water partition coefficient (Wildman–Crippen LogP) is 5.71. The van der Waals surface area contributed by atoms with Gasteiger partial charge in [0, 0.05) is 25.8 Å². The predicted molar refractivity (Wildman–Crippen MR) is 152 cm³/mol. The largest absolute Gasteiger partial charge is 0.383 e. The van der Waals surface area contributed by atoms with Crippen molar-refractivity contribution in [1.82, 2.24) is 10.2 Å². The highest BCUT2D eigenvalue weighted by Crippen LogP contribution is 2.13. The summed E-state index contributed by atoms with van der Waals surface area (Å²) >= 11 is 0. The number of likely N-dealkylation sites (N-methyl/N-ethyl adjacent to an activating group) is 1. The summed E-state index contributed by atoms with van der Waals surface area (Å²) in [6.07, 6.45) is 12.6. The zero-order valence-corrected chi connectivity index (χ0v) is 22.8. The van der Waals surface area contributed by atoms with Crippen molar-refractivity contribution in [2.75, 3.05) is 26.7 Å². The second-order valence-corrected chi connectivity index (χ2v) is 9.35. The molecule has 0 saturated heterocycles. The summed E-state index contributed by atoms with van der Waals surface area (Å²) in [6.45, 7) is 14.4. The summed E-state index contributed by atoms with van der Waals surface area (Å²) in [5.74, 6) is 0.979. The minimum absolute atomic E-state index is 0.0920. The maximum Gasteiger partial charge on any atom is 0.207 e. The van der Waals surface area contributed by atoms with Crippen LogP contribution in [0, 0.1) is 23.1 Å². The molecule has 0 aliphatic carbocycles. The van der Waals surface area contributed by atoms with E-state index in [4.69, 9.17) is 11.1 Å². The van der Waals surface area contributed by atoms with Gasteiger partial charge in [0.05, 0.1) is 5.71 Å². The Labute approximate surface area is 217 Å². The fourth-order valence-corrected chi connectivity index (χ4v) is 3.08. The maximum atomic E-state index is 13.0. The lowest BCUT2D eigenvalue weighted by atomic mass is 9.98. The molecule has 0 aromatic heterocycles. The van der Waals surface area contributed by atoms with Gasteiger partial charge in [-0.25, -0.2) is 9.38 Å². The van der Waals surface area contributed by atoms with E-state index >= 15 is 0 Å². The van der Waals surface area contributed by atoms with Crippen LogP contribution in [-0.2, 0) is 4.79 Å². The SMILES string of the molecule is C=CCCCC(C)C.CC(C)C(=C/C(=N)c1ccc(F)cc1)/C(N)=N/C=C/CCN(C)CCNC=O. The molecule has 0 spiro atoms. The van der Waals surface area contributed by atoms with Crippen LogP contribution in [0.2, 0.25) is 0 Å². The van der Waals surface area contributed by atoms with Crippen molar-refractivity contribution in [3.8, 4) is 0 Å². The number of aliphatic imine (C=N–C) groups is 1. The van der Waals surface area contributed by atoms with Crippen LogP contribution < -0.4 is 11.1 Å². The van der Waals surface area contributed by atoms with Crippen LogP contribution in [0.25, 0.3) is 0 Å². The van der Waals surface area contributed by atoms with Gasteiger partial charge >= 0.3 is 0 Å². The smallest absolute Gasteiger partial charge is 0.207 e. The topological polar surface area (TPSA) is 94.6 Å². The molecule has 0 radical (unpaired) electrons. The molecule has 4 N–H and O–H groups in total. The molecule has 0 atom stereocenters. The first kappa shape index (κ1) is 32.9. The van der Waals surface area contributed by atoms with Crippen molar-refractivity contribution >= 4 is 18.0 Å². The zero-order chi connectivity index (χ0) is 27.3. The molecule has 0 saturated carbocycles. The Balaban J connectivity index is 0.00000131. The molecule has 36 heavy (non-hydrogen) atoms. The number of hydrogen-bond donors (Lipinski definition) is 3. The summed E-state index contributed by atoms with van der Waals surface area (Å²) in [4.78, 5) is 16.6. The average molecular weight is 500 g/mol. The van der Waals surface area contributed by atoms with E-state index in [9.17, 15) is 9.18 Å². The molecule has 0 heterocycles. The molecule has 1 aromatic rings. The zero-order valence-electron chi connectivity index (χ0n) is 22.8. The normalized spacial score (nSPS) is 12.1. The van der Waals surface area contributed by atoms with Gasteiger partial charge in [-0.15, -0.1) is 6.58 Å². The first-order valence-corrected chi connectivity index (χ1v) is 12.6. The minimum Gasteiger partial charge on any atom is -0.383 e. The molecule has 0 fully saturated rings. The van der Waals surface area contributed by atoms with Crippen LogP contribution in [0.1, 0.15) is 58.9 Å². The molecule has 0 unspecified atom stereocenters. The van der Waals surface area contributed by atoms with Gasteiger partial charge in [0.15, 0.2) is 0 Å². The molecule has 200 valence electrons. The van der Waals surface area contributed by atoms with E-state index in [0.29, 0.717) is 24.4 Å². The van der Waals surface area contributed by atoms with Gasteiger partial charge in [-0.2, -0.15) is 0 Å². The molecule has 1 rings (SSSR count). The standard InChI is InChI=1S/C21H30FN5O.C8H16/c1-16(2)19(14-20(23)17-6-8-18(22)9-7-17)21(24)26-10-4-5-12-27(3)13-11-25-15-28;1-4-5-6-7-8(2)3/h4,6-10,14-16,23H,5,11-13H2,1-3H3,(H2,24,26)(H,25,28);4,8H,1,5-7H2,2-3H3/b10-4+,19-14-,23-20?;. The lowest BCUT2D eigenvalue weighted by Crippen LogP contribution is -2.29. The number of allylic oxidation sites excluding steroid dienone is 2. The highest BCUT2D eigenvalue weighted by atomic mass is 19.1. The van der Waals surface area contributed by atoms with Crippen molar-refractivity contribution in [3.05, 3.63) is 72.2 Å². The lowest BCUT2D eigenvalue weighted by Gasteiger charge is -2.14. The van der Waals surface area contributed by atoms with E-state index in [1.54, 1.807) is 24.4 Å². The number of halogens is 1. The van der Waals surface area contributed by atoms with E-state index in [0.717, 1.165) is 31.0 Å². The Kier molecular flexibility index (Phi) is 18.5. The molecule has 1 amide bonds. The van der Waals surface area contributed by atoms with E-state index in [-0.39, 0.29) is 17.4 Å². The number of carbonyl (C=O) groups is 1. The summed E-state index contributed by atoms with van der Waals surface area (Å²) in [6, 6.07) is 5.80. The lowest BCUT2D eigenvalue weighted by molar-refractivity contribution is -0.109. The van der Waals surface area contributed by atoms with Crippen molar-refractivity contribution < 1.29 is 9.18 Å². The van der Waals surface area contributed by atoms with E-state index in [2.05, 4.69) is 35.6 Å². The Bertz CT molecular complexity index is 857. The van der Waals surface area contributed by atoms with Crippen LogP contribution in [0.4, 0.5) is 4.39 Å². The highest BCUT2D eigenvalue weighted by molar-refractivity contribution is 6.12. The number of carbonyl (C=O) groups excluding carboxylic acids is 1. The Hall–Kier alpha value is -3.06. The number of hydrogen-bond acceptors (Lipinski definition) is 4. The van der Waals surface area contributed by atoms with Crippen LogP contribution in [0.15, 0.2) is 65.8 Å². The van der Waals surface area contributed by atoms with Crippen LogP contribution in [0.3, 0.4) is 0 Å². The van der Waals surface area contributed by atoms with E-state index < -0.39 is 0 Å².